The predicted molar refractivity (Wildman–Crippen MR) is 20.5 cm³/mol. The molecule has 0 amide bonds. The summed E-state index contributed by atoms with van der Waals surface area (Å²) in [6, 6.07) is 1.01. The van der Waals surface area contributed by atoms with E-state index >= 15 is 0 Å². The zero-order valence-electron chi connectivity index (χ0n) is 2.62. The molecule has 0 aromatic rings. The quantitative estimate of drug-likeness (QED) is 0.400. The number of rotatable bonds is 1. The highest BCUT2D eigenvalue weighted by Crippen LogP contribution is 1.72. The van der Waals surface area contributed by atoms with Gasteiger partial charge in [0.1, 0.15) is 0 Å². The molecule has 0 N–H and O–H groups in total. The van der Waals surface area contributed by atoms with E-state index in [1.807, 2.05) is 0 Å². The Hall–Kier alpha value is 0.217. The van der Waals surface area contributed by atoms with Crippen LogP contribution in [-0.4, -0.2) is 10.2 Å². The Morgan fingerprint density at radius 1 is 1.75 bits per heavy atom. The maximum atomic E-state index is 3.56. The van der Waals surface area contributed by atoms with Gasteiger partial charge < -0.3 is 0 Å². The SMILES string of the molecule is [CH2]CC[Si]. The van der Waals surface area contributed by atoms with Crippen LogP contribution in [0.3, 0.4) is 0 Å². The molecule has 4 heavy (non-hydrogen) atoms. The predicted octanol–water partition coefficient (Wildman–Crippen LogP) is 0.797. The van der Waals surface area contributed by atoms with E-state index in [0.717, 1.165) is 12.5 Å². The molecule has 0 nitrogen and oxygen atoms in total. The van der Waals surface area contributed by atoms with Crippen molar-refractivity contribution in [3.8, 4) is 0 Å². The Morgan fingerprint density at radius 3 is 2.00 bits per heavy atom. The fraction of sp³-hybridized carbons (Fsp3) is 0.667. The molecule has 0 atom stereocenters. The minimum atomic E-state index is 0.983. The zero-order valence-corrected chi connectivity index (χ0v) is 3.62. The monoisotopic (exact) mass is 70.0 g/mol. The van der Waals surface area contributed by atoms with Gasteiger partial charge in [-0.15, -0.1) is 0 Å². The molecule has 0 aliphatic rings. The molecule has 0 aromatic heterocycles. The van der Waals surface area contributed by atoms with Gasteiger partial charge in [0, 0.05) is 10.2 Å². The summed E-state index contributed by atoms with van der Waals surface area (Å²) in [5.41, 5.74) is 0. The zero-order chi connectivity index (χ0) is 3.41. The van der Waals surface area contributed by atoms with Crippen LogP contribution in [0, 0.1) is 6.92 Å². The highest BCUT2D eigenvalue weighted by atomic mass is 28.1. The fourth-order valence-corrected chi connectivity index (χ4v) is 0. The molecule has 22 valence electrons. The molecule has 0 unspecified atom stereocenters. The average Bonchev–Trinajstić information content (AvgIpc) is 1.37. The second-order valence-corrected chi connectivity index (χ2v) is 1.10. The van der Waals surface area contributed by atoms with E-state index < -0.39 is 0 Å². The normalized spacial score (nSPS) is 7.50. The molecule has 0 rings (SSSR count). The summed E-state index contributed by atoms with van der Waals surface area (Å²) in [7, 11) is 3.23. The number of hydrogen-bond acceptors (Lipinski definition) is 0. The first kappa shape index (κ1) is 4.22. The van der Waals surface area contributed by atoms with Gasteiger partial charge >= 0.3 is 0 Å². The molecule has 0 bridgehead atoms. The molecule has 0 saturated heterocycles. The van der Waals surface area contributed by atoms with Gasteiger partial charge in [-0.1, -0.05) is 19.4 Å². The van der Waals surface area contributed by atoms with Gasteiger partial charge in [-0.05, 0) is 0 Å². The first-order valence-electron chi connectivity index (χ1n) is 1.35. The molecule has 0 fully saturated rings. The summed E-state index contributed by atoms with van der Waals surface area (Å²) in [6.45, 7) is 3.56. The molecular formula is C3H6Si. The summed E-state index contributed by atoms with van der Waals surface area (Å²) >= 11 is 0. The van der Waals surface area contributed by atoms with Crippen LogP contribution in [0.5, 0.6) is 0 Å². The van der Waals surface area contributed by atoms with E-state index in [1.165, 1.54) is 0 Å². The molecule has 0 saturated carbocycles. The molecule has 4 radical (unpaired) electrons. The van der Waals surface area contributed by atoms with Crippen LogP contribution in [-0.2, 0) is 0 Å². The first-order valence-corrected chi connectivity index (χ1v) is 2.06. The lowest BCUT2D eigenvalue weighted by Crippen LogP contribution is -1.55. The van der Waals surface area contributed by atoms with Crippen molar-refractivity contribution in [2.75, 3.05) is 0 Å². The Kier molecular flexibility index (Phi) is 3.39. The van der Waals surface area contributed by atoms with Crippen LogP contribution < -0.4 is 0 Å². The van der Waals surface area contributed by atoms with Crippen molar-refractivity contribution in [2.45, 2.75) is 12.5 Å². The van der Waals surface area contributed by atoms with Crippen LogP contribution in [0.15, 0.2) is 0 Å². The Bertz CT molecular complexity index is 5.25. The van der Waals surface area contributed by atoms with Crippen molar-refractivity contribution in [1.29, 1.82) is 0 Å². The molecule has 1 heteroatoms. The molecule has 0 aromatic carbocycles. The average molecular weight is 70.2 g/mol. The second-order valence-electron chi connectivity index (χ2n) is 0.604. The fourth-order valence-electron chi connectivity index (χ4n) is 0. The minimum absolute atomic E-state index is 0.983. The Labute approximate surface area is 30.6 Å². The van der Waals surface area contributed by atoms with E-state index in [1.54, 1.807) is 0 Å². The number of hydrogen-bond donors (Lipinski definition) is 0. The Morgan fingerprint density at radius 2 is 2.00 bits per heavy atom. The van der Waals surface area contributed by atoms with Gasteiger partial charge in [0.05, 0.1) is 0 Å². The topological polar surface area (TPSA) is 0 Å². The lowest BCUT2D eigenvalue weighted by Gasteiger charge is -1.67. The third-order valence-electron chi connectivity index (χ3n) is 0.177. The lowest BCUT2D eigenvalue weighted by molar-refractivity contribution is 1.22. The standard InChI is InChI=1S/C3H6Si/c1-2-3-4/h1-3H2. The maximum Gasteiger partial charge on any atom is 0.0222 e. The van der Waals surface area contributed by atoms with Crippen LogP contribution >= 0.6 is 0 Å². The van der Waals surface area contributed by atoms with Gasteiger partial charge in [-0.3, -0.25) is 0 Å². The highest BCUT2D eigenvalue weighted by Gasteiger charge is 1.57. The molecule has 0 heterocycles. The van der Waals surface area contributed by atoms with E-state index in [4.69, 9.17) is 0 Å². The van der Waals surface area contributed by atoms with E-state index in [-0.39, 0.29) is 0 Å². The third kappa shape index (κ3) is 2.22. The third-order valence-corrected chi connectivity index (χ3v) is 0.530. The second kappa shape index (κ2) is 3.22. The van der Waals surface area contributed by atoms with E-state index in [2.05, 4.69) is 17.2 Å². The maximum absolute atomic E-state index is 3.56. The summed E-state index contributed by atoms with van der Waals surface area (Å²) < 4.78 is 0. The van der Waals surface area contributed by atoms with Gasteiger partial charge in [-0.2, -0.15) is 0 Å². The summed E-state index contributed by atoms with van der Waals surface area (Å²) in [5, 5.41) is 0. The Balaban J connectivity index is 1.97. The first-order chi connectivity index (χ1) is 1.91. The summed E-state index contributed by atoms with van der Waals surface area (Å²) in [5.74, 6) is 0. The van der Waals surface area contributed by atoms with Gasteiger partial charge in [-0.25, -0.2) is 0 Å². The summed E-state index contributed by atoms with van der Waals surface area (Å²) in [4.78, 5) is 0. The van der Waals surface area contributed by atoms with Crippen molar-refractivity contribution >= 4 is 10.2 Å². The van der Waals surface area contributed by atoms with Gasteiger partial charge in [0.15, 0.2) is 0 Å². The van der Waals surface area contributed by atoms with Crippen molar-refractivity contribution in [1.82, 2.24) is 0 Å². The van der Waals surface area contributed by atoms with Crippen LogP contribution in [0.2, 0.25) is 6.04 Å². The van der Waals surface area contributed by atoms with E-state index in [9.17, 15) is 0 Å². The van der Waals surface area contributed by atoms with Gasteiger partial charge in [0.2, 0.25) is 0 Å². The van der Waals surface area contributed by atoms with Crippen molar-refractivity contribution in [2.24, 2.45) is 0 Å². The highest BCUT2D eigenvalue weighted by molar-refractivity contribution is 6.08. The largest absolute Gasteiger partial charge is 0.0638 e. The molecular weight excluding hydrogens is 64.1 g/mol. The van der Waals surface area contributed by atoms with Gasteiger partial charge in [0.25, 0.3) is 0 Å². The summed E-state index contributed by atoms with van der Waals surface area (Å²) in [6.07, 6.45) is 0.983. The van der Waals surface area contributed by atoms with Crippen LogP contribution in [0.1, 0.15) is 6.42 Å². The molecule has 0 aliphatic carbocycles. The molecule has 0 spiro atoms. The van der Waals surface area contributed by atoms with Crippen molar-refractivity contribution in [3.63, 3.8) is 0 Å². The van der Waals surface area contributed by atoms with Crippen molar-refractivity contribution in [3.05, 3.63) is 6.92 Å². The lowest BCUT2D eigenvalue weighted by atomic mass is 10.6. The van der Waals surface area contributed by atoms with Crippen LogP contribution in [0.25, 0.3) is 0 Å². The minimum Gasteiger partial charge on any atom is -0.0638 e. The van der Waals surface area contributed by atoms with E-state index in [0.29, 0.717) is 0 Å². The van der Waals surface area contributed by atoms with Crippen LogP contribution in [0.4, 0.5) is 0 Å². The smallest absolute Gasteiger partial charge is 0.0222 e. The molecule has 0 aliphatic heterocycles. The van der Waals surface area contributed by atoms with Crippen molar-refractivity contribution < 1.29 is 0 Å².